The first-order valence-corrected chi connectivity index (χ1v) is 6.13. The number of hydrogen-bond donors (Lipinski definition) is 1. The van der Waals surface area contributed by atoms with Gasteiger partial charge in [-0.3, -0.25) is 14.9 Å². The average Bonchev–Trinajstić information content (AvgIpc) is 2.20. The van der Waals surface area contributed by atoms with Crippen LogP contribution in [0.2, 0.25) is 0 Å². The number of ether oxygens (including phenoxy) is 2. The lowest BCUT2D eigenvalue weighted by atomic mass is 10.2. The summed E-state index contributed by atoms with van der Waals surface area (Å²) in [5.74, 6) is -1.80. The molecule has 0 amide bonds. The predicted octanol–water partition coefficient (Wildman–Crippen LogP) is 1.80. The van der Waals surface area contributed by atoms with E-state index < -0.39 is 42.7 Å². The highest BCUT2D eigenvalue weighted by atomic mass is 19.4. The number of nitrogens with one attached hydrogen (secondary N) is 1. The standard InChI is InChI=1S/C12H20F3NO4/c1-5-19-9(17)6-8(12(13,14)15)16-7-10(18)20-11(2,3)4/h8,16H,5-7H2,1-4H3. The second-order valence-electron chi connectivity index (χ2n) is 5.07. The van der Waals surface area contributed by atoms with Crippen molar-refractivity contribution in [2.45, 2.75) is 51.9 Å². The molecule has 0 heterocycles. The molecule has 118 valence electrons. The van der Waals surface area contributed by atoms with E-state index in [2.05, 4.69) is 4.74 Å². The zero-order valence-electron chi connectivity index (χ0n) is 12.0. The average molecular weight is 299 g/mol. The van der Waals surface area contributed by atoms with Gasteiger partial charge in [0.2, 0.25) is 0 Å². The molecule has 0 aromatic heterocycles. The maximum Gasteiger partial charge on any atom is 0.404 e. The molecule has 0 bridgehead atoms. The number of alkyl halides is 3. The van der Waals surface area contributed by atoms with Gasteiger partial charge in [0.15, 0.2) is 0 Å². The third-order valence-electron chi connectivity index (χ3n) is 1.98. The van der Waals surface area contributed by atoms with Crippen molar-refractivity contribution in [1.29, 1.82) is 0 Å². The number of halogens is 3. The summed E-state index contributed by atoms with van der Waals surface area (Å²) in [4.78, 5) is 22.4. The zero-order valence-corrected chi connectivity index (χ0v) is 12.0. The van der Waals surface area contributed by atoms with Gasteiger partial charge in [0, 0.05) is 0 Å². The van der Waals surface area contributed by atoms with Gasteiger partial charge in [-0.2, -0.15) is 13.2 Å². The molecule has 5 nitrogen and oxygen atoms in total. The topological polar surface area (TPSA) is 64.6 Å². The fourth-order valence-electron chi connectivity index (χ4n) is 1.27. The Bertz CT molecular complexity index is 337. The SMILES string of the molecule is CCOC(=O)CC(NCC(=O)OC(C)(C)C)C(F)(F)F. The zero-order chi connectivity index (χ0) is 16.0. The molecule has 0 aliphatic rings. The summed E-state index contributed by atoms with van der Waals surface area (Å²) in [7, 11) is 0. The first-order valence-electron chi connectivity index (χ1n) is 6.13. The molecule has 0 saturated heterocycles. The molecule has 0 saturated carbocycles. The van der Waals surface area contributed by atoms with E-state index in [0.717, 1.165) is 0 Å². The van der Waals surface area contributed by atoms with Crippen LogP contribution in [0.25, 0.3) is 0 Å². The fourth-order valence-corrected chi connectivity index (χ4v) is 1.27. The van der Waals surface area contributed by atoms with Gasteiger partial charge in [-0.05, 0) is 27.7 Å². The molecule has 1 unspecified atom stereocenters. The van der Waals surface area contributed by atoms with Gasteiger partial charge in [0.1, 0.15) is 11.6 Å². The Morgan fingerprint density at radius 1 is 1.15 bits per heavy atom. The van der Waals surface area contributed by atoms with E-state index in [1.165, 1.54) is 6.92 Å². The van der Waals surface area contributed by atoms with Crippen LogP contribution in [-0.2, 0) is 19.1 Å². The minimum atomic E-state index is -4.66. The molecule has 20 heavy (non-hydrogen) atoms. The Hall–Kier alpha value is -1.31. The lowest BCUT2D eigenvalue weighted by molar-refractivity contribution is -0.172. The predicted molar refractivity (Wildman–Crippen MR) is 64.9 cm³/mol. The maximum atomic E-state index is 12.7. The van der Waals surface area contributed by atoms with Crippen LogP contribution >= 0.6 is 0 Å². The van der Waals surface area contributed by atoms with Crippen LogP contribution in [0.15, 0.2) is 0 Å². The van der Waals surface area contributed by atoms with Gasteiger partial charge in [-0.25, -0.2) is 0 Å². The van der Waals surface area contributed by atoms with E-state index >= 15 is 0 Å². The van der Waals surface area contributed by atoms with E-state index in [4.69, 9.17) is 4.74 Å². The maximum absolute atomic E-state index is 12.7. The van der Waals surface area contributed by atoms with Gasteiger partial charge < -0.3 is 9.47 Å². The highest BCUT2D eigenvalue weighted by Crippen LogP contribution is 2.22. The fraction of sp³-hybridized carbons (Fsp3) is 0.833. The molecule has 0 aliphatic heterocycles. The summed E-state index contributed by atoms with van der Waals surface area (Å²) in [6, 6.07) is -2.14. The minimum Gasteiger partial charge on any atom is -0.466 e. The Balaban J connectivity index is 4.46. The molecule has 1 N–H and O–H groups in total. The Kier molecular flexibility index (Phi) is 6.98. The Morgan fingerprint density at radius 2 is 1.70 bits per heavy atom. The molecular weight excluding hydrogens is 279 g/mol. The van der Waals surface area contributed by atoms with E-state index in [9.17, 15) is 22.8 Å². The smallest absolute Gasteiger partial charge is 0.404 e. The van der Waals surface area contributed by atoms with Crippen LogP contribution in [0.5, 0.6) is 0 Å². The molecule has 8 heteroatoms. The van der Waals surface area contributed by atoms with Crippen LogP contribution < -0.4 is 5.32 Å². The van der Waals surface area contributed by atoms with Gasteiger partial charge >= 0.3 is 18.1 Å². The summed E-state index contributed by atoms with van der Waals surface area (Å²) in [6.07, 6.45) is -5.55. The first kappa shape index (κ1) is 18.7. The van der Waals surface area contributed by atoms with Crippen molar-refractivity contribution in [3.05, 3.63) is 0 Å². The quantitative estimate of drug-likeness (QED) is 0.758. The second kappa shape index (κ2) is 7.47. The van der Waals surface area contributed by atoms with E-state index in [1.54, 1.807) is 20.8 Å². The highest BCUT2D eigenvalue weighted by Gasteiger charge is 2.41. The van der Waals surface area contributed by atoms with Crippen molar-refractivity contribution in [3.8, 4) is 0 Å². The first-order chi connectivity index (χ1) is 8.95. The lowest BCUT2D eigenvalue weighted by Gasteiger charge is -2.23. The van der Waals surface area contributed by atoms with Crippen LogP contribution in [0, 0.1) is 0 Å². The molecule has 0 radical (unpaired) electrons. The largest absolute Gasteiger partial charge is 0.466 e. The van der Waals surface area contributed by atoms with Crippen molar-refractivity contribution < 1.29 is 32.2 Å². The number of carbonyl (C=O) groups is 2. The molecule has 0 spiro atoms. The molecule has 0 fully saturated rings. The van der Waals surface area contributed by atoms with Crippen LogP contribution in [0.4, 0.5) is 13.2 Å². The highest BCUT2D eigenvalue weighted by molar-refractivity contribution is 5.73. The van der Waals surface area contributed by atoms with Crippen LogP contribution in [0.1, 0.15) is 34.1 Å². The molecular formula is C12H20F3NO4. The molecule has 1 atom stereocenters. The molecule has 0 aromatic carbocycles. The summed E-state index contributed by atoms with van der Waals surface area (Å²) >= 11 is 0. The molecule has 0 aromatic rings. The number of carbonyl (C=O) groups excluding carboxylic acids is 2. The van der Waals surface area contributed by atoms with Crippen LogP contribution in [0.3, 0.4) is 0 Å². The van der Waals surface area contributed by atoms with Crippen molar-refractivity contribution in [3.63, 3.8) is 0 Å². The van der Waals surface area contributed by atoms with Crippen molar-refractivity contribution in [1.82, 2.24) is 5.32 Å². The van der Waals surface area contributed by atoms with E-state index in [-0.39, 0.29) is 6.61 Å². The normalized spacial score (nSPS) is 13.8. The van der Waals surface area contributed by atoms with E-state index in [0.29, 0.717) is 0 Å². The van der Waals surface area contributed by atoms with E-state index in [1.807, 2.05) is 5.32 Å². The van der Waals surface area contributed by atoms with Gasteiger partial charge in [0.25, 0.3) is 0 Å². The van der Waals surface area contributed by atoms with Crippen molar-refractivity contribution in [2.75, 3.05) is 13.2 Å². The van der Waals surface area contributed by atoms with Crippen molar-refractivity contribution in [2.24, 2.45) is 0 Å². The molecule has 0 aliphatic carbocycles. The Morgan fingerprint density at radius 3 is 2.10 bits per heavy atom. The van der Waals surface area contributed by atoms with Crippen molar-refractivity contribution >= 4 is 11.9 Å². The van der Waals surface area contributed by atoms with Gasteiger partial charge in [-0.1, -0.05) is 0 Å². The summed E-state index contributed by atoms with van der Waals surface area (Å²) < 4.78 is 47.4. The second-order valence-corrected chi connectivity index (χ2v) is 5.07. The number of esters is 2. The summed E-state index contributed by atoms with van der Waals surface area (Å²) in [5, 5.41) is 1.97. The van der Waals surface area contributed by atoms with Crippen LogP contribution in [-0.4, -0.2) is 42.9 Å². The van der Waals surface area contributed by atoms with Gasteiger partial charge in [-0.15, -0.1) is 0 Å². The lowest BCUT2D eigenvalue weighted by Crippen LogP contribution is -2.46. The molecule has 0 rings (SSSR count). The number of rotatable bonds is 6. The summed E-state index contributed by atoms with van der Waals surface area (Å²) in [5.41, 5.74) is -0.784. The van der Waals surface area contributed by atoms with Gasteiger partial charge in [0.05, 0.1) is 19.6 Å². The Labute approximate surface area is 115 Å². The third-order valence-corrected chi connectivity index (χ3v) is 1.98. The third kappa shape index (κ3) is 8.73. The minimum absolute atomic E-state index is 0.00449. The monoisotopic (exact) mass is 299 g/mol. The summed E-state index contributed by atoms with van der Waals surface area (Å²) in [6.45, 7) is 5.66. The number of hydrogen-bond acceptors (Lipinski definition) is 5.